The first-order valence-electron chi connectivity index (χ1n) is 8.71. The Balaban J connectivity index is 1.37. The Labute approximate surface area is 160 Å². The van der Waals surface area contributed by atoms with Gasteiger partial charge in [-0.25, -0.2) is 4.98 Å². The maximum absolute atomic E-state index is 12.6. The van der Waals surface area contributed by atoms with Crippen LogP contribution in [0.2, 0.25) is 0 Å². The molecule has 8 heteroatoms. The van der Waals surface area contributed by atoms with Crippen molar-refractivity contribution < 1.29 is 9.72 Å². The number of carbonyl (C=O) groups is 1. The second-order valence-electron chi connectivity index (χ2n) is 6.45. The Kier molecular flexibility index (Phi) is 4.83. The monoisotopic (exact) mass is 382 g/mol. The van der Waals surface area contributed by atoms with Gasteiger partial charge in [-0.1, -0.05) is 18.2 Å². The van der Waals surface area contributed by atoms with Gasteiger partial charge in [0.25, 0.3) is 11.6 Å². The predicted octanol–water partition coefficient (Wildman–Crippen LogP) is 3.16. The van der Waals surface area contributed by atoms with E-state index in [0.717, 1.165) is 30.2 Å². The molecule has 0 spiro atoms. The molecule has 3 aromatic rings. The number of hydrogen-bond donors (Lipinski definition) is 0. The van der Waals surface area contributed by atoms with Crippen molar-refractivity contribution in [2.75, 3.05) is 26.2 Å². The van der Waals surface area contributed by atoms with Gasteiger partial charge in [-0.15, -0.1) is 11.3 Å². The summed E-state index contributed by atoms with van der Waals surface area (Å²) in [5.74, 6) is -0.154. The largest absolute Gasteiger partial charge is 0.336 e. The lowest BCUT2D eigenvalue weighted by atomic mass is 10.1. The third-order valence-electron chi connectivity index (χ3n) is 4.66. The molecule has 1 aromatic heterocycles. The number of amides is 1. The van der Waals surface area contributed by atoms with E-state index in [1.807, 2.05) is 18.2 Å². The molecule has 0 unspecified atom stereocenters. The van der Waals surface area contributed by atoms with Crippen LogP contribution in [-0.2, 0) is 6.54 Å². The number of benzene rings is 2. The summed E-state index contributed by atoms with van der Waals surface area (Å²) in [6.07, 6.45) is 0. The van der Waals surface area contributed by atoms with Crippen molar-refractivity contribution in [1.82, 2.24) is 14.8 Å². The number of rotatable bonds is 4. The van der Waals surface area contributed by atoms with Crippen LogP contribution in [-0.4, -0.2) is 51.8 Å². The van der Waals surface area contributed by atoms with Crippen LogP contribution >= 0.6 is 11.3 Å². The van der Waals surface area contributed by atoms with Crippen LogP contribution in [0.15, 0.2) is 48.5 Å². The summed E-state index contributed by atoms with van der Waals surface area (Å²) in [5.41, 5.74) is 1.33. The lowest BCUT2D eigenvalue weighted by molar-refractivity contribution is -0.384. The number of carbonyl (C=O) groups excluding carboxylic acids is 1. The van der Waals surface area contributed by atoms with Gasteiger partial charge < -0.3 is 4.90 Å². The second kappa shape index (κ2) is 7.42. The van der Waals surface area contributed by atoms with Crippen molar-refractivity contribution >= 4 is 33.1 Å². The fourth-order valence-corrected chi connectivity index (χ4v) is 4.23. The van der Waals surface area contributed by atoms with Gasteiger partial charge >= 0.3 is 0 Å². The summed E-state index contributed by atoms with van der Waals surface area (Å²) in [5, 5.41) is 12.0. The van der Waals surface area contributed by atoms with Crippen LogP contribution in [0.3, 0.4) is 0 Å². The van der Waals surface area contributed by atoms with Crippen LogP contribution in [0.5, 0.6) is 0 Å². The SMILES string of the molecule is O=C(c1cccc([N+](=O)[O-])c1)N1CCN(Cc2nc3ccccc3s2)CC1. The zero-order chi connectivity index (χ0) is 18.8. The standard InChI is InChI=1S/C19H18N4O3S/c24-19(14-4-3-5-15(12-14)23(25)26)22-10-8-21(9-11-22)13-18-20-16-6-1-2-7-17(16)27-18/h1-7,12H,8-11,13H2. The minimum Gasteiger partial charge on any atom is -0.336 e. The molecule has 0 atom stereocenters. The first-order chi connectivity index (χ1) is 13.1. The van der Waals surface area contributed by atoms with Crippen LogP contribution in [0.1, 0.15) is 15.4 Å². The molecule has 0 saturated carbocycles. The lowest BCUT2D eigenvalue weighted by Crippen LogP contribution is -2.48. The summed E-state index contributed by atoms with van der Waals surface area (Å²) in [7, 11) is 0. The Morgan fingerprint density at radius 2 is 1.89 bits per heavy atom. The summed E-state index contributed by atoms with van der Waals surface area (Å²) in [4.78, 5) is 31.8. The molecule has 4 rings (SSSR count). The van der Waals surface area contributed by atoms with E-state index in [1.165, 1.54) is 16.8 Å². The quantitative estimate of drug-likeness (QED) is 0.511. The molecule has 0 bridgehead atoms. The summed E-state index contributed by atoms with van der Waals surface area (Å²) in [6.45, 7) is 3.50. The molecule has 0 N–H and O–H groups in total. The van der Waals surface area contributed by atoms with Crippen molar-refractivity contribution in [2.24, 2.45) is 0 Å². The average Bonchev–Trinajstić information content (AvgIpc) is 3.10. The molecular formula is C19H18N4O3S. The van der Waals surface area contributed by atoms with Crippen molar-refractivity contribution in [2.45, 2.75) is 6.54 Å². The van der Waals surface area contributed by atoms with E-state index in [9.17, 15) is 14.9 Å². The molecular weight excluding hydrogens is 364 g/mol. The molecule has 7 nitrogen and oxygen atoms in total. The molecule has 27 heavy (non-hydrogen) atoms. The Morgan fingerprint density at radius 3 is 2.63 bits per heavy atom. The summed E-state index contributed by atoms with van der Waals surface area (Å²) in [6, 6.07) is 14.0. The number of para-hydroxylation sites is 1. The highest BCUT2D eigenvalue weighted by Crippen LogP contribution is 2.23. The number of non-ortho nitro benzene ring substituents is 1. The van der Waals surface area contributed by atoms with Gasteiger partial charge in [0.2, 0.25) is 0 Å². The van der Waals surface area contributed by atoms with E-state index in [4.69, 9.17) is 0 Å². The number of nitro benzene ring substituents is 1. The average molecular weight is 382 g/mol. The van der Waals surface area contributed by atoms with E-state index in [1.54, 1.807) is 28.4 Å². The number of aromatic nitrogens is 1. The Morgan fingerprint density at radius 1 is 1.11 bits per heavy atom. The van der Waals surface area contributed by atoms with Gasteiger partial charge in [0.05, 0.1) is 21.7 Å². The predicted molar refractivity (Wildman–Crippen MR) is 104 cm³/mol. The fraction of sp³-hybridized carbons (Fsp3) is 0.263. The molecule has 0 radical (unpaired) electrons. The first kappa shape index (κ1) is 17.6. The highest BCUT2D eigenvalue weighted by Gasteiger charge is 2.23. The first-order valence-corrected chi connectivity index (χ1v) is 9.52. The highest BCUT2D eigenvalue weighted by molar-refractivity contribution is 7.18. The zero-order valence-corrected chi connectivity index (χ0v) is 15.4. The van der Waals surface area contributed by atoms with E-state index in [0.29, 0.717) is 18.7 Å². The molecule has 1 aliphatic rings. The van der Waals surface area contributed by atoms with Gasteiger partial charge in [-0.3, -0.25) is 19.8 Å². The molecule has 1 aliphatic heterocycles. The fourth-order valence-electron chi connectivity index (χ4n) is 3.22. The van der Waals surface area contributed by atoms with Gasteiger partial charge in [0.1, 0.15) is 5.01 Å². The summed E-state index contributed by atoms with van der Waals surface area (Å²) < 4.78 is 1.19. The van der Waals surface area contributed by atoms with E-state index in [2.05, 4.69) is 16.0 Å². The molecule has 138 valence electrons. The Bertz CT molecular complexity index is 962. The van der Waals surface area contributed by atoms with E-state index < -0.39 is 4.92 Å². The summed E-state index contributed by atoms with van der Waals surface area (Å²) >= 11 is 1.70. The van der Waals surface area contributed by atoms with Gasteiger partial charge in [-0.05, 0) is 18.2 Å². The number of thiazole rings is 1. The Hall–Kier alpha value is -2.84. The molecule has 0 aliphatic carbocycles. The highest BCUT2D eigenvalue weighted by atomic mass is 32.1. The number of piperazine rings is 1. The molecule has 1 saturated heterocycles. The van der Waals surface area contributed by atoms with Crippen LogP contribution in [0.4, 0.5) is 5.69 Å². The lowest BCUT2D eigenvalue weighted by Gasteiger charge is -2.34. The maximum atomic E-state index is 12.6. The van der Waals surface area contributed by atoms with Crippen LogP contribution < -0.4 is 0 Å². The van der Waals surface area contributed by atoms with Gasteiger partial charge in [0, 0.05) is 43.9 Å². The number of fused-ring (bicyclic) bond motifs is 1. The number of nitrogens with zero attached hydrogens (tertiary/aromatic N) is 4. The molecule has 1 fully saturated rings. The topological polar surface area (TPSA) is 79.6 Å². The van der Waals surface area contributed by atoms with Crippen LogP contribution in [0, 0.1) is 10.1 Å². The maximum Gasteiger partial charge on any atom is 0.270 e. The minimum absolute atomic E-state index is 0.0599. The number of nitro groups is 1. The van der Waals surface area contributed by atoms with Crippen molar-refractivity contribution in [3.8, 4) is 0 Å². The minimum atomic E-state index is -0.479. The second-order valence-corrected chi connectivity index (χ2v) is 7.57. The molecule has 1 amide bonds. The smallest absolute Gasteiger partial charge is 0.270 e. The number of hydrogen-bond acceptors (Lipinski definition) is 6. The normalized spacial score (nSPS) is 15.2. The van der Waals surface area contributed by atoms with Crippen molar-refractivity contribution in [3.63, 3.8) is 0 Å². The van der Waals surface area contributed by atoms with E-state index >= 15 is 0 Å². The third-order valence-corrected chi connectivity index (χ3v) is 5.68. The molecule has 2 aromatic carbocycles. The van der Waals surface area contributed by atoms with Crippen LogP contribution in [0.25, 0.3) is 10.2 Å². The zero-order valence-electron chi connectivity index (χ0n) is 14.6. The van der Waals surface area contributed by atoms with Gasteiger partial charge in [-0.2, -0.15) is 0 Å². The van der Waals surface area contributed by atoms with Crippen molar-refractivity contribution in [1.29, 1.82) is 0 Å². The third kappa shape index (κ3) is 3.81. The van der Waals surface area contributed by atoms with E-state index in [-0.39, 0.29) is 11.6 Å². The van der Waals surface area contributed by atoms with Gasteiger partial charge in [0.15, 0.2) is 0 Å². The molecule has 2 heterocycles. The van der Waals surface area contributed by atoms with Crippen molar-refractivity contribution in [3.05, 3.63) is 69.2 Å².